The minimum Gasteiger partial charge on any atom is -0.504 e. The van der Waals surface area contributed by atoms with Gasteiger partial charge in [0, 0.05) is 24.5 Å². The second-order valence-electron chi connectivity index (χ2n) is 5.41. The predicted octanol–water partition coefficient (Wildman–Crippen LogP) is 2.87. The molecule has 0 atom stereocenters. The first kappa shape index (κ1) is 16.0. The number of aromatic hydroxyl groups is 1. The molecule has 0 aliphatic carbocycles. The Bertz CT molecular complexity index is 740. The Morgan fingerprint density at radius 3 is 2.83 bits per heavy atom. The summed E-state index contributed by atoms with van der Waals surface area (Å²) in [5.41, 5.74) is 1.17. The van der Waals surface area contributed by atoms with Gasteiger partial charge in [0.2, 0.25) is 0 Å². The second-order valence-corrected chi connectivity index (χ2v) is 5.41. The zero-order valence-electron chi connectivity index (χ0n) is 13.0. The van der Waals surface area contributed by atoms with Crippen LogP contribution in [0.2, 0.25) is 0 Å². The van der Waals surface area contributed by atoms with Crippen molar-refractivity contribution in [3.63, 3.8) is 0 Å². The summed E-state index contributed by atoms with van der Waals surface area (Å²) >= 11 is 0. The van der Waals surface area contributed by atoms with E-state index in [0.29, 0.717) is 37.7 Å². The molecule has 2 N–H and O–H groups in total. The highest BCUT2D eigenvalue weighted by molar-refractivity contribution is 5.87. The maximum atomic E-state index is 10.9. The molecule has 1 aliphatic heterocycles. The van der Waals surface area contributed by atoms with Crippen LogP contribution in [0.15, 0.2) is 36.4 Å². The largest absolute Gasteiger partial charge is 0.504 e. The highest BCUT2D eigenvalue weighted by Gasteiger charge is 2.16. The fraction of sp³-hybridized carbons (Fsp3) is 0.278. The summed E-state index contributed by atoms with van der Waals surface area (Å²) in [4.78, 5) is 10.9. The van der Waals surface area contributed by atoms with E-state index in [9.17, 15) is 9.90 Å². The number of ether oxygens (including phenoxy) is 3. The van der Waals surface area contributed by atoms with E-state index < -0.39 is 5.97 Å². The molecule has 24 heavy (non-hydrogen) atoms. The normalized spacial score (nSPS) is 12.3. The molecule has 2 aromatic rings. The van der Waals surface area contributed by atoms with Crippen LogP contribution in [0.5, 0.6) is 23.0 Å². The molecule has 2 aromatic carbocycles. The van der Waals surface area contributed by atoms with Crippen LogP contribution in [-0.2, 0) is 6.42 Å². The first-order chi connectivity index (χ1) is 11.6. The predicted molar refractivity (Wildman–Crippen MR) is 86.3 cm³/mol. The summed E-state index contributed by atoms with van der Waals surface area (Å²) in [6.45, 7) is 1.37. The monoisotopic (exact) mass is 330 g/mol. The molecule has 6 heteroatoms. The van der Waals surface area contributed by atoms with Gasteiger partial charge in [-0.25, -0.2) is 4.79 Å². The summed E-state index contributed by atoms with van der Waals surface area (Å²) in [7, 11) is 0. The number of phenols is 1. The van der Waals surface area contributed by atoms with Crippen LogP contribution >= 0.6 is 0 Å². The second kappa shape index (κ2) is 7.12. The molecule has 1 heterocycles. The average Bonchev–Trinajstić information content (AvgIpc) is 3.02. The van der Waals surface area contributed by atoms with Crippen molar-refractivity contribution in [3.8, 4) is 23.0 Å². The van der Waals surface area contributed by atoms with E-state index in [2.05, 4.69) is 0 Å². The molecular formula is C18H18O6. The van der Waals surface area contributed by atoms with Gasteiger partial charge in [-0.2, -0.15) is 0 Å². The lowest BCUT2D eigenvalue weighted by atomic mass is 10.1. The fourth-order valence-corrected chi connectivity index (χ4v) is 2.46. The van der Waals surface area contributed by atoms with E-state index in [4.69, 9.17) is 19.3 Å². The van der Waals surface area contributed by atoms with E-state index in [0.717, 1.165) is 17.7 Å². The maximum absolute atomic E-state index is 10.9. The van der Waals surface area contributed by atoms with Crippen molar-refractivity contribution in [2.24, 2.45) is 0 Å². The van der Waals surface area contributed by atoms with Crippen molar-refractivity contribution in [2.45, 2.75) is 12.8 Å². The fourth-order valence-electron chi connectivity index (χ4n) is 2.46. The number of aromatic carboxylic acids is 1. The lowest BCUT2D eigenvalue weighted by Crippen LogP contribution is -2.06. The van der Waals surface area contributed by atoms with Crippen molar-refractivity contribution in [3.05, 3.63) is 47.5 Å². The Morgan fingerprint density at radius 2 is 2.00 bits per heavy atom. The third-order valence-corrected chi connectivity index (χ3v) is 3.67. The van der Waals surface area contributed by atoms with Crippen LogP contribution < -0.4 is 14.2 Å². The summed E-state index contributed by atoms with van der Waals surface area (Å²) in [5.74, 6) is 0.768. The molecule has 0 amide bonds. The SMILES string of the molecule is O=C(O)c1cccc(OCCCOc2cc3c(cc2O)CCO3)c1. The van der Waals surface area contributed by atoms with Gasteiger partial charge in [0.05, 0.1) is 25.4 Å². The standard InChI is InChI=1S/C18H18O6/c19-15-10-12-5-8-24-16(12)11-17(15)23-7-2-6-22-14-4-1-3-13(9-14)18(20)21/h1,3-4,9-11,19H,2,5-8H2,(H,20,21). The van der Waals surface area contributed by atoms with Gasteiger partial charge in [0.1, 0.15) is 11.5 Å². The number of benzene rings is 2. The van der Waals surface area contributed by atoms with Gasteiger partial charge in [-0.1, -0.05) is 6.07 Å². The minimum absolute atomic E-state index is 0.106. The van der Waals surface area contributed by atoms with Crippen LogP contribution in [0.3, 0.4) is 0 Å². The number of phenolic OH excluding ortho intramolecular Hbond substituents is 1. The molecule has 0 saturated heterocycles. The van der Waals surface area contributed by atoms with Crippen LogP contribution in [0, 0.1) is 0 Å². The highest BCUT2D eigenvalue weighted by atomic mass is 16.5. The topological polar surface area (TPSA) is 85.2 Å². The molecular weight excluding hydrogens is 312 g/mol. The number of fused-ring (bicyclic) bond motifs is 1. The van der Waals surface area contributed by atoms with Crippen molar-refractivity contribution in [2.75, 3.05) is 19.8 Å². The van der Waals surface area contributed by atoms with Gasteiger partial charge < -0.3 is 24.4 Å². The molecule has 0 saturated carbocycles. The van der Waals surface area contributed by atoms with Crippen LogP contribution in [0.4, 0.5) is 0 Å². The van der Waals surface area contributed by atoms with E-state index in [1.807, 2.05) is 0 Å². The summed E-state index contributed by atoms with van der Waals surface area (Å²) in [6.07, 6.45) is 1.39. The third-order valence-electron chi connectivity index (χ3n) is 3.67. The van der Waals surface area contributed by atoms with Crippen molar-refractivity contribution in [1.82, 2.24) is 0 Å². The molecule has 0 radical (unpaired) electrons. The zero-order valence-corrected chi connectivity index (χ0v) is 13.0. The molecule has 3 rings (SSSR count). The number of rotatable bonds is 7. The summed E-state index contributed by atoms with van der Waals surface area (Å²) < 4.78 is 16.5. The molecule has 0 fully saturated rings. The van der Waals surface area contributed by atoms with E-state index in [-0.39, 0.29) is 11.3 Å². The number of carbonyl (C=O) groups is 1. The van der Waals surface area contributed by atoms with Gasteiger partial charge in [-0.3, -0.25) is 0 Å². The van der Waals surface area contributed by atoms with E-state index >= 15 is 0 Å². The highest BCUT2D eigenvalue weighted by Crippen LogP contribution is 2.36. The molecule has 6 nitrogen and oxygen atoms in total. The maximum Gasteiger partial charge on any atom is 0.335 e. The quantitative estimate of drug-likeness (QED) is 0.759. The number of carboxylic acids is 1. The Hall–Kier alpha value is -2.89. The van der Waals surface area contributed by atoms with Gasteiger partial charge in [0.25, 0.3) is 0 Å². The smallest absolute Gasteiger partial charge is 0.335 e. The van der Waals surface area contributed by atoms with Crippen molar-refractivity contribution < 1.29 is 29.2 Å². The molecule has 0 spiro atoms. The number of hydrogen-bond acceptors (Lipinski definition) is 5. The van der Waals surface area contributed by atoms with Crippen molar-refractivity contribution in [1.29, 1.82) is 0 Å². The molecule has 0 bridgehead atoms. The van der Waals surface area contributed by atoms with Crippen LogP contribution in [-0.4, -0.2) is 36.0 Å². The lowest BCUT2D eigenvalue weighted by Gasteiger charge is -2.11. The Balaban J connectivity index is 1.46. The molecule has 126 valence electrons. The van der Waals surface area contributed by atoms with Gasteiger partial charge in [-0.05, 0) is 24.3 Å². The first-order valence-electron chi connectivity index (χ1n) is 7.71. The van der Waals surface area contributed by atoms with Crippen LogP contribution in [0.25, 0.3) is 0 Å². The van der Waals surface area contributed by atoms with Crippen molar-refractivity contribution >= 4 is 5.97 Å². The molecule has 0 aromatic heterocycles. The van der Waals surface area contributed by atoms with Gasteiger partial charge >= 0.3 is 5.97 Å². The molecule has 0 unspecified atom stereocenters. The van der Waals surface area contributed by atoms with Gasteiger partial charge in [0.15, 0.2) is 11.5 Å². The zero-order chi connectivity index (χ0) is 16.9. The lowest BCUT2D eigenvalue weighted by molar-refractivity contribution is 0.0696. The summed E-state index contributed by atoms with van der Waals surface area (Å²) in [6, 6.07) is 9.71. The average molecular weight is 330 g/mol. The number of carboxylic acid groups (broad SMARTS) is 1. The minimum atomic E-state index is -0.988. The third kappa shape index (κ3) is 3.71. The number of hydrogen-bond donors (Lipinski definition) is 2. The first-order valence-corrected chi connectivity index (χ1v) is 7.71. The molecule has 1 aliphatic rings. The summed E-state index contributed by atoms with van der Waals surface area (Å²) in [5, 5.41) is 18.9. The Morgan fingerprint density at radius 1 is 1.17 bits per heavy atom. The van der Waals surface area contributed by atoms with E-state index in [1.54, 1.807) is 24.3 Å². The van der Waals surface area contributed by atoms with Crippen LogP contribution in [0.1, 0.15) is 22.3 Å². The Kier molecular flexibility index (Phi) is 4.74. The van der Waals surface area contributed by atoms with E-state index in [1.165, 1.54) is 12.1 Å². The Labute approximate surface area is 139 Å². The van der Waals surface area contributed by atoms with Gasteiger partial charge in [-0.15, -0.1) is 0 Å².